The SMILES string of the molecule is CCCCCCCCCCCCCCN(C(=O)CC(C(=O)[O-])S(=O)(=O)O)C(CC(=O)O)C(=O)O.CCCCCCCCCCCCCCN(C(=O)CC(C(=O)[O-])S(=O)(=O)O)C(CC(=O)O)C(=O)O.CCCCCCCCCCCCCCN(C(=O)CC(C(=O)[O-])S(=O)(=O)O)C(CC(=O)O)C(=O)O.CCCCCCCCCCCCCCN(C(=O)CC(C(=O)[O-])S(=O)(=O)O)C(CC(=O)O)C(=O)O.[NH4+].[NH4+].[NH4+].[NH4+]. The van der Waals surface area contributed by atoms with Gasteiger partial charge < -0.3 is 125 Å². The lowest BCUT2D eigenvalue weighted by Crippen LogP contribution is -2.50. The number of carbonyl (C=O) groups is 16. The molecule has 0 heterocycles. The molecule has 0 aliphatic rings. The Morgan fingerprint density at radius 1 is 0.200 bits per heavy atom. The van der Waals surface area contributed by atoms with Gasteiger partial charge in [-0.15, -0.1) is 0 Å². The third-order valence-corrected chi connectivity index (χ3v) is 26.7. The number of aliphatic carboxylic acids is 12. The molecule has 8 atom stereocenters. The van der Waals surface area contributed by atoms with Gasteiger partial charge in [0.05, 0.1) is 75.2 Å². The molecule has 0 saturated heterocycles. The summed E-state index contributed by atoms with van der Waals surface area (Å²) in [5.41, 5.74) is 0. The van der Waals surface area contributed by atoms with E-state index in [4.69, 9.17) is 38.6 Å². The van der Waals surface area contributed by atoms with Crippen molar-refractivity contribution >= 4 is 136 Å². The van der Waals surface area contributed by atoms with Crippen LogP contribution in [0.5, 0.6) is 0 Å². The van der Waals surface area contributed by atoms with Crippen LogP contribution in [-0.4, -0.2) is 279 Å². The molecule has 48 nitrogen and oxygen atoms in total. The third kappa shape index (κ3) is 75.8. The van der Waals surface area contributed by atoms with Crippen molar-refractivity contribution in [3.05, 3.63) is 0 Å². The second-order valence-corrected chi connectivity index (χ2v) is 40.2. The third-order valence-electron chi connectivity index (χ3n) is 22.3. The summed E-state index contributed by atoms with van der Waals surface area (Å²) in [6.45, 7) is 7.94. The first-order valence-electron chi connectivity index (χ1n) is 47.3. The summed E-state index contributed by atoms with van der Waals surface area (Å²) in [4.78, 5) is 188. The Labute approximate surface area is 824 Å². The zero-order valence-electron chi connectivity index (χ0n) is 83.3. The van der Waals surface area contributed by atoms with E-state index in [1.165, 1.54) is 154 Å². The van der Waals surface area contributed by atoms with Crippen molar-refractivity contribution in [2.24, 2.45) is 0 Å². The van der Waals surface area contributed by atoms with Gasteiger partial charge in [-0.2, -0.15) is 33.7 Å². The molecule has 0 aliphatic carbocycles. The van der Waals surface area contributed by atoms with Crippen LogP contribution in [-0.2, 0) is 117 Å². The molecule has 0 spiro atoms. The summed E-state index contributed by atoms with van der Waals surface area (Å²) in [7, 11) is -20.7. The number of unbranched alkanes of at least 4 members (excludes halogenated alkanes) is 44. The first-order valence-corrected chi connectivity index (χ1v) is 53.3. The average Bonchev–Trinajstić information content (AvgIpc) is 0.844. The van der Waals surface area contributed by atoms with E-state index in [1.807, 2.05) is 0 Å². The van der Waals surface area contributed by atoms with Crippen LogP contribution in [0.1, 0.15) is 387 Å². The summed E-state index contributed by atoms with van der Waals surface area (Å²) in [5, 5.41) is 107. The van der Waals surface area contributed by atoms with Crippen LogP contribution >= 0.6 is 0 Å². The van der Waals surface area contributed by atoms with E-state index in [0.717, 1.165) is 103 Å². The van der Waals surface area contributed by atoms with E-state index in [9.17, 15) is 151 Å². The maximum absolute atomic E-state index is 12.6. The van der Waals surface area contributed by atoms with Gasteiger partial charge in [0.15, 0.2) is 0 Å². The number of amides is 4. The number of carboxylic acid groups (broad SMARTS) is 12. The molecular formula is C88H168N8O40S4. The Bertz CT molecular complexity index is 3530. The lowest BCUT2D eigenvalue weighted by Gasteiger charge is -2.29. The summed E-state index contributed by atoms with van der Waals surface area (Å²) in [5.74, 6) is -26.1. The molecule has 0 fully saturated rings. The molecule has 0 bridgehead atoms. The molecule has 52 heteroatoms. The fraction of sp³-hybridized carbons (Fsp3) is 0.818. The number of rotatable bonds is 84. The zero-order chi connectivity index (χ0) is 105. The molecule has 0 saturated carbocycles. The maximum atomic E-state index is 12.6. The smallest absolute Gasteiger partial charge is 0.327 e. The first kappa shape index (κ1) is 146. The van der Waals surface area contributed by atoms with Gasteiger partial charge in [0.1, 0.15) is 45.2 Å². The highest BCUT2D eigenvalue weighted by Crippen LogP contribution is 2.24. The van der Waals surface area contributed by atoms with Gasteiger partial charge in [0.25, 0.3) is 40.5 Å². The highest BCUT2D eigenvalue weighted by atomic mass is 32.2. The molecule has 0 aromatic heterocycles. The lowest BCUT2D eigenvalue weighted by molar-refractivity contribution is -0.306. The predicted molar refractivity (Wildman–Crippen MR) is 510 cm³/mol. The molecule has 0 aromatic rings. The van der Waals surface area contributed by atoms with Gasteiger partial charge in [-0.05, 0) is 25.7 Å². The molecule has 0 rings (SSSR count). The van der Waals surface area contributed by atoms with Crippen LogP contribution in [0.15, 0.2) is 0 Å². The normalized spacial score (nSPS) is 12.9. The van der Waals surface area contributed by atoms with Crippen molar-refractivity contribution in [1.29, 1.82) is 0 Å². The fourth-order valence-electron chi connectivity index (χ4n) is 14.6. The highest BCUT2D eigenvalue weighted by molar-refractivity contribution is 7.88. The molecule has 0 aliphatic heterocycles. The summed E-state index contributed by atoms with van der Waals surface area (Å²) >= 11 is 0. The Hall–Kier alpha value is -9.00. The Balaban J connectivity index is -0.000000274. The molecule has 8 unspecified atom stereocenters. The number of hydrogen-bond acceptors (Lipinski definition) is 28. The van der Waals surface area contributed by atoms with Crippen LogP contribution in [0.25, 0.3) is 0 Å². The van der Waals surface area contributed by atoms with Gasteiger partial charge >= 0.3 is 47.8 Å². The van der Waals surface area contributed by atoms with Gasteiger partial charge in [-0.25, -0.2) is 19.2 Å². The van der Waals surface area contributed by atoms with E-state index in [2.05, 4.69) is 27.7 Å². The van der Waals surface area contributed by atoms with E-state index < -0.39 is 232 Å². The van der Waals surface area contributed by atoms with Crippen LogP contribution in [0.3, 0.4) is 0 Å². The van der Waals surface area contributed by atoms with Crippen LogP contribution < -0.4 is 45.0 Å². The minimum atomic E-state index is -5.18. The second-order valence-electron chi connectivity index (χ2n) is 33.8. The topological polar surface area (TPSA) is 904 Å². The van der Waals surface area contributed by atoms with Crippen molar-refractivity contribution in [2.75, 3.05) is 26.2 Å². The van der Waals surface area contributed by atoms with Gasteiger partial charge in [0, 0.05) is 26.2 Å². The van der Waals surface area contributed by atoms with Gasteiger partial charge in [-0.1, -0.05) is 310 Å². The largest absolute Gasteiger partial charge is 0.549 e. The number of hydrogen-bond donors (Lipinski definition) is 16. The monoisotopic (exact) mass is 2110 g/mol. The van der Waals surface area contributed by atoms with E-state index in [0.29, 0.717) is 71.0 Å². The van der Waals surface area contributed by atoms with Crippen molar-refractivity contribution in [2.45, 2.75) is 432 Å². The quantitative estimate of drug-likeness (QED) is 0.0199. The van der Waals surface area contributed by atoms with E-state index in [-0.39, 0.29) is 50.8 Å². The lowest BCUT2D eigenvalue weighted by atomic mass is 10.0. The van der Waals surface area contributed by atoms with Crippen molar-refractivity contribution in [3.63, 3.8) is 0 Å². The highest BCUT2D eigenvalue weighted by Gasteiger charge is 2.41. The Kier molecular flexibility index (Phi) is 89.4. The molecule has 140 heavy (non-hydrogen) atoms. The minimum absolute atomic E-state index is 0. The number of quaternary nitrogens is 4. The molecule has 4 amide bonds. The standard InChI is InChI=1S/4C22H39NO10S.4H3N/c4*1-2-3-4-5-6-7-8-9-10-11-12-13-14-23(17(21(27)28)15-20(25)26)19(24)16-18(22(29)30)34(31,32)33;;;;/h4*17-18H,2-16H2,1H3,(H,25,26)(H,27,28)(H,29,30)(H,31,32,33);4*1H3. The van der Waals surface area contributed by atoms with Crippen LogP contribution in [0.2, 0.25) is 0 Å². The van der Waals surface area contributed by atoms with E-state index in [1.54, 1.807) is 0 Å². The predicted octanol–water partition coefficient (Wildman–Crippen LogP) is 8.87. The van der Waals surface area contributed by atoms with Crippen molar-refractivity contribution in [1.82, 2.24) is 44.2 Å². The summed E-state index contributed by atoms with van der Waals surface area (Å²) < 4.78 is 126. The molecule has 824 valence electrons. The van der Waals surface area contributed by atoms with Crippen molar-refractivity contribution < 1.29 is 190 Å². The summed E-state index contributed by atoms with van der Waals surface area (Å²) in [6.07, 6.45) is 40.3. The van der Waals surface area contributed by atoms with E-state index >= 15 is 0 Å². The second kappa shape index (κ2) is 85.6. The summed E-state index contributed by atoms with van der Waals surface area (Å²) in [6, 6.07) is -7.22. The number of carbonyl (C=O) groups excluding carboxylic acids is 8. The maximum Gasteiger partial charge on any atom is 0.327 e. The number of nitrogens with zero attached hydrogens (tertiary/aromatic N) is 4. The zero-order valence-corrected chi connectivity index (χ0v) is 86.5. The Morgan fingerprint density at radius 3 is 0.393 bits per heavy atom. The fourth-order valence-corrected chi connectivity index (χ4v) is 17.0. The van der Waals surface area contributed by atoms with Crippen molar-refractivity contribution in [3.8, 4) is 0 Å². The number of carboxylic acids is 12. The first-order chi connectivity index (χ1) is 63.6. The molecule has 0 radical (unpaired) electrons. The molecule has 28 N–H and O–H groups in total. The van der Waals surface area contributed by atoms with Crippen LogP contribution in [0.4, 0.5) is 0 Å². The molecular weight excluding hydrogens is 1940 g/mol. The minimum Gasteiger partial charge on any atom is -0.549 e. The van der Waals surface area contributed by atoms with Gasteiger partial charge in [0.2, 0.25) is 23.6 Å². The van der Waals surface area contributed by atoms with Gasteiger partial charge in [-0.3, -0.25) is 56.6 Å². The average molecular weight is 2110 g/mol. The van der Waals surface area contributed by atoms with Crippen LogP contribution in [0, 0.1) is 0 Å². The molecule has 0 aromatic carbocycles. The Morgan fingerprint density at radius 2 is 0.307 bits per heavy atom.